The molecule has 0 bridgehead atoms. The zero-order valence-corrected chi connectivity index (χ0v) is 16.2. The number of hydrogen-bond acceptors (Lipinski definition) is 8. The fourth-order valence-corrected chi connectivity index (χ4v) is 3.89. The molecule has 0 atom stereocenters. The molecule has 0 radical (unpaired) electrons. The largest absolute Gasteiger partial charge is 0.384 e. The van der Waals surface area contributed by atoms with Gasteiger partial charge >= 0.3 is 0 Å². The van der Waals surface area contributed by atoms with Crippen LogP contribution in [0.1, 0.15) is 5.56 Å². The summed E-state index contributed by atoms with van der Waals surface area (Å²) in [5, 5.41) is 13.1. The molecule has 1 aromatic carbocycles. The molecule has 0 aliphatic carbocycles. The van der Waals surface area contributed by atoms with Crippen molar-refractivity contribution in [2.45, 2.75) is 0 Å². The number of halogens is 3. The molecule has 3 aromatic heterocycles. The third-order valence-corrected chi connectivity index (χ3v) is 5.05. The number of fused-ring (bicyclic) bond motifs is 1. The zero-order chi connectivity index (χ0) is 19.0. The van der Waals surface area contributed by atoms with Gasteiger partial charge in [0, 0.05) is 11.6 Å². The molecule has 28 heavy (non-hydrogen) atoms. The van der Waals surface area contributed by atoms with Gasteiger partial charge in [0.2, 0.25) is 0 Å². The number of nitrogens with zero attached hydrogens (tertiary/aromatic N) is 5. The predicted octanol–water partition coefficient (Wildman–Crippen LogP) is 4.56. The molecule has 0 aliphatic heterocycles. The number of nitrogen functional groups attached to an aromatic ring is 1. The first-order valence-electron chi connectivity index (χ1n) is 7.55. The second-order valence-electron chi connectivity index (χ2n) is 5.38. The Kier molecular flexibility index (Phi) is 5.56. The van der Waals surface area contributed by atoms with E-state index in [0.29, 0.717) is 37.5 Å². The summed E-state index contributed by atoms with van der Waals surface area (Å²) in [6.45, 7) is 0. The molecular weight excluding hydrogens is 424 g/mol. The highest BCUT2D eigenvalue weighted by atomic mass is 35.5. The molecule has 0 saturated carbocycles. The van der Waals surface area contributed by atoms with Crippen molar-refractivity contribution in [1.29, 1.82) is 5.26 Å². The van der Waals surface area contributed by atoms with E-state index in [-0.39, 0.29) is 23.7 Å². The molecule has 0 spiro atoms. The number of nitrogens with two attached hydrogens (primary N) is 1. The SMILES string of the molecule is Cl.N#Cc1cccc(Cl)c1-c1nc2c(F)cnc(Nc3cc(N)ncn3)c2s1. The van der Waals surface area contributed by atoms with Crippen LogP contribution < -0.4 is 11.1 Å². The van der Waals surface area contributed by atoms with Crippen molar-refractivity contribution in [3.05, 3.63) is 53.2 Å². The van der Waals surface area contributed by atoms with Crippen LogP contribution >= 0.6 is 35.3 Å². The van der Waals surface area contributed by atoms with Gasteiger partial charge in [-0.1, -0.05) is 17.7 Å². The van der Waals surface area contributed by atoms with Crippen LogP contribution in [0.15, 0.2) is 36.8 Å². The summed E-state index contributed by atoms with van der Waals surface area (Å²) in [5.74, 6) is 0.475. The van der Waals surface area contributed by atoms with Gasteiger partial charge in [0.05, 0.1) is 22.9 Å². The summed E-state index contributed by atoms with van der Waals surface area (Å²) in [6.07, 6.45) is 2.37. The fraction of sp³-hybridized carbons (Fsp3) is 0. The average molecular weight is 434 g/mol. The summed E-state index contributed by atoms with van der Waals surface area (Å²) >= 11 is 7.43. The first-order chi connectivity index (χ1) is 13.1. The molecule has 0 aliphatic rings. The van der Waals surface area contributed by atoms with Crippen molar-refractivity contribution < 1.29 is 4.39 Å². The van der Waals surface area contributed by atoms with Gasteiger partial charge < -0.3 is 11.1 Å². The van der Waals surface area contributed by atoms with Crippen molar-refractivity contribution in [3.8, 4) is 16.6 Å². The molecule has 3 heterocycles. The highest BCUT2D eigenvalue weighted by Crippen LogP contribution is 2.39. The summed E-state index contributed by atoms with van der Waals surface area (Å²) in [6, 6.07) is 8.57. The second-order valence-corrected chi connectivity index (χ2v) is 6.79. The van der Waals surface area contributed by atoms with Crippen LogP contribution in [0.25, 0.3) is 20.8 Å². The van der Waals surface area contributed by atoms with Crippen LogP contribution in [0, 0.1) is 17.1 Å². The quantitative estimate of drug-likeness (QED) is 0.486. The summed E-state index contributed by atoms with van der Waals surface area (Å²) < 4.78 is 14.8. The van der Waals surface area contributed by atoms with Crippen LogP contribution in [-0.2, 0) is 0 Å². The van der Waals surface area contributed by atoms with Crippen molar-refractivity contribution >= 4 is 63.0 Å². The zero-order valence-electron chi connectivity index (χ0n) is 13.8. The number of hydrogen-bond donors (Lipinski definition) is 2. The Morgan fingerprint density at radius 1 is 1.25 bits per heavy atom. The highest BCUT2D eigenvalue weighted by molar-refractivity contribution is 7.22. The molecular formula is C17H10Cl2FN7S. The Bertz CT molecular complexity index is 1220. The van der Waals surface area contributed by atoms with E-state index in [0.717, 1.165) is 6.20 Å². The number of nitriles is 1. The molecule has 3 N–H and O–H groups in total. The second kappa shape index (κ2) is 7.90. The Morgan fingerprint density at radius 2 is 2.07 bits per heavy atom. The number of rotatable bonds is 3. The third kappa shape index (κ3) is 3.53. The van der Waals surface area contributed by atoms with Gasteiger partial charge in [0.1, 0.15) is 33.2 Å². The van der Waals surface area contributed by atoms with Crippen molar-refractivity contribution in [1.82, 2.24) is 19.9 Å². The van der Waals surface area contributed by atoms with Gasteiger partial charge in [0.25, 0.3) is 0 Å². The summed E-state index contributed by atoms with van der Waals surface area (Å²) in [4.78, 5) is 16.3. The Balaban J connectivity index is 0.00000225. The van der Waals surface area contributed by atoms with Crippen molar-refractivity contribution in [3.63, 3.8) is 0 Å². The minimum atomic E-state index is -0.578. The van der Waals surface area contributed by atoms with E-state index in [1.54, 1.807) is 18.2 Å². The predicted molar refractivity (Wildman–Crippen MR) is 110 cm³/mol. The van der Waals surface area contributed by atoms with Gasteiger partial charge in [-0.3, -0.25) is 0 Å². The monoisotopic (exact) mass is 433 g/mol. The lowest BCUT2D eigenvalue weighted by Gasteiger charge is -2.05. The molecule has 0 fully saturated rings. The number of benzene rings is 1. The van der Waals surface area contributed by atoms with Gasteiger partial charge in [-0.15, -0.1) is 23.7 Å². The first-order valence-corrected chi connectivity index (χ1v) is 8.75. The van der Waals surface area contributed by atoms with Crippen molar-refractivity contribution in [2.24, 2.45) is 0 Å². The molecule has 4 rings (SSSR count). The molecule has 0 amide bonds. The lowest BCUT2D eigenvalue weighted by atomic mass is 10.1. The number of anilines is 3. The van der Waals surface area contributed by atoms with E-state index in [1.807, 2.05) is 0 Å². The smallest absolute Gasteiger partial charge is 0.168 e. The van der Waals surface area contributed by atoms with E-state index in [1.165, 1.54) is 23.7 Å². The van der Waals surface area contributed by atoms with Crippen molar-refractivity contribution in [2.75, 3.05) is 11.1 Å². The lowest BCUT2D eigenvalue weighted by molar-refractivity contribution is 0.632. The van der Waals surface area contributed by atoms with E-state index in [2.05, 4.69) is 31.3 Å². The van der Waals surface area contributed by atoms with Gasteiger partial charge in [-0.05, 0) is 12.1 Å². The normalized spacial score (nSPS) is 10.3. The standard InChI is InChI=1S/C17H9ClFN7S.ClH/c18-9-3-1-2-8(5-20)13(9)17-26-14-10(19)6-22-16(15(14)27-17)25-12-4-11(21)23-7-24-12;/h1-4,6-7H,(H3,21,22,23,24,25);1H. The maximum Gasteiger partial charge on any atom is 0.168 e. The first kappa shape index (κ1) is 19.7. The molecule has 4 aromatic rings. The number of pyridine rings is 1. The number of aromatic nitrogens is 4. The van der Waals surface area contributed by atoms with Crippen LogP contribution in [0.5, 0.6) is 0 Å². The summed E-state index contributed by atoms with van der Waals surface area (Å²) in [7, 11) is 0. The molecule has 11 heteroatoms. The topological polar surface area (TPSA) is 113 Å². The Labute approximate surface area is 173 Å². The summed E-state index contributed by atoms with van der Waals surface area (Å²) in [5.41, 5.74) is 6.59. The van der Waals surface area contributed by atoms with E-state index in [4.69, 9.17) is 17.3 Å². The van der Waals surface area contributed by atoms with Crippen LogP contribution in [-0.4, -0.2) is 19.9 Å². The lowest BCUT2D eigenvalue weighted by Crippen LogP contribution is -1.99. The number of thiazole rings is 1. The minimum absolute atomic E-state index is 0. The number of nitrogens with one attached hydrogen (secondary N) is 1. The molecule has 140 valence electrons. The molecule has 0 unspecified atom stereocenters. The van der Waals surface area contributed by atoms with Crippen LogP contribution in [0.2, 0.25) is 5.02 Å². The maximum absolute atomic E-state index is 14.3. The van der Waals surface area contributed by atoms with Gasteiger partial charge in [-0.25, -0.2) is 24.3 Å². The fourth-order valence-electron chi connectivity index (χ4n) is 2.48. The van der Waals surface area contributed by atoms with E-state index >= 15 is 0 Å². The van der Waals surface area contributed by atoms with E-state index < -0.39 is 5.82 Å². The van der Waals surface area contributed by atoms with Crippen LogP contribution in [0.4, 0.5) is 21.8 Å². The minimum Gasteiger partial charge on any atom is -0.384 e. The van der Waals surface area contributed by atoms with Gasteiger partial charge in [0.15, 0.2) is 11.6 Å². The third-order valence-electron chi connectivity index (χ3n) is 3.66. The Morgan fingerprint density at radius 3 is 2.82 bits per heavy atom. The maximum atomic E-state index is 14.3. The average Bonchev–Trinajstić information content (AvgIpc) is 3.10. The Hall–Kier alpha value is -3.06. The van der Waals surface area contributed by atoms with Gasteiger partial charge in [-0.2, -0.15) is 5.26 Å². The highest BCUT2D eigenvalue weighted by Gasteiger charge is 2.19. The molecule has 0 saturated heterocycles. The van der Waals surface area contributed by atoms with E-state index in [9.17, 15) is 9.65 Å². The molecule has 7 nitrogen and oxygen atoms in total. The van der Waals surface area contributed by atoms with Crippen LogP contribution in [0.3, 0.4) is 0 Å².